The van der Waals surface area contributed by atoms with Gasteiger partial charge in [0, 0.05) is 6.04 Å². The Morgan fingerprint density at radius 1 is 1.10 bits per heavy atom. The van der Waals surface area contributed by atoms with Gasteiger partial charge in [-0.05, 0) is 57.0 Å². The van der Waals surface area contributed by atoms with E-state index in [2.05, 4.69) is 31.3 Å². The Hall–Kier alpha value is -1.74. The van der Waals surface area contributed by atoms with Gasteiger partial charge in [-0.25, -0.2) is 0 Å². The molecule has 0 aliphatic heterocycles. The molecular weight excluding hydrogens is 250 g/mol. The molecule has 1 N–H and O–H groups in total. The van der Waals surface area contributed by atoms with E-state index in [9.17, 15) is 0 Å². The monoisotopic (exact) mass is 273 g/mol. The molecule has 2 aromatic rings. The van der Waals surface area contributed by atoms with Crippen molar-refractivity contribution in [2.45, 2.75) is 46.4 Å². The zero-order valence-electron chi connectivity index (χ0n) is 12.6. The average molecular weight is 273 g/mol. The molecule has 0 radical (unpaired) electrons. The van der Waals surface area contributed by atoms with Crippen LogP contribution in [0.4, 0.5) is 0 Å². The fraction of sp³-hybridized carbons (Fsp3) is 0.412. The Labute approximate surface area is 121 Å². The highest BCUT2D eigenvalue weighted by Gasteiger charge is 2.08. The van der Waals surface area contributed by atoms with E-state index in [1.165, 1.54) is 11.1 Å². The molecule has 0 fully saturated rings. The number of rotatable bonds is 6. The van der Waals surface area contributed by atoms with Crippen molar-refractivity contribution in [3.8, 4) is 5.75 Å². The first-order valence-corrected chi connectivity index (χ1v) is 7.09. The molecule has 1 aromatic heterocycles. The first kappa shape index (κ1) is 14.7. The first-order valence-electron chi connectivity index (χ1n) is 7.09. The molecule has 0 aliphatic carbocycles. The fourth-order valence-electron chi connectivity index (χ4n) is 2.06. The Balaban J connectivity index is 1.92. The molecule has 0 saturated heterocycles. The zero-order chi connectivity index (χ0) is 14.5. The van der Waals surface area contributed by atoms with E-state index in [-0.39, 0.29) is 12.1 Å². The lowest BCUT2D eigenvalue weighted by Crippen LogP contribution is -2.18. The molecule has 0 saturated carbocycles. The molecule has 0 amide bonds. The molecule has 3 heteroatoms. The van der Waals surface area contributed by atoms with Gasteiger partial charge >= 0.3 is 0 Å². The molecule has 1 atom stereocenters. The molecule has 0 bridgehead atoms. The third kappa shape index (κ3) is 3.87. The fourth-order valence-corrected chi connectivity index (χ4v) is 2.06. The van der Waals surface area contributed by atoms with E-state index in [0.29, 0.717) is 0 Å². The topological polar surface area (TPSA) is 34.4 Å². The van der Waals surface area contributed by atoms with Crippen LogP contribution in [0.5, 0.6) is 5.75 Å². The van der Waals surface area contributed by atoms with Crippen LogP contribution < -0.4 is 10.1 Å². The lowest BCUT2D eigenvalue weighted by Gasteiger charge is -2.15. The van der Waals surface area contributed by atoms with Crippen molar-refractivity contribution >= 4 is 0 Å². The number of hydrogen-bond acceptors (Lipinski definition) is 3. The molecular formula is C17H23NO2. The van der Waals surface area contributed by atoms with Crippen molar-refractivity contribution in [2.24, 2.45) is 0 Å². The van der Waals surface area contributed by atoms with Crippen molar-refractivity contribution in [3.63, 3.8) is 0 Å². The summed E-state index contributed by atoms with van der Waals surface area (Å²) >= 11 is 0. The molecule has 20 heavy (non-hydrogen) atoms. The quantitative estimate of drug-likeness (QED) is 0.855. The van der Waals surface area contributed by atoms with E-state index in [1.807, 2.05) is 32.0 Å². The second-order valence-electron chi connectivity index (χ2n) is 5.37. The minimum atomic E-state index is 0.207. The SMILES string of the molecule is Cc1ccoc1CNC(C)c1ccc(OC(C)C)cc1. The van der Waals surface area contributed by atoms with Gasteiger partial charge in [0.25, 0.3) is 0 Å². The van der Waals surface area contributed by atoms with E-state index < -0.39 is 0 Å². The van der Waals surface area contributed by atoms with Gasteiger partial charge in [-0.15, -0.1) is 0 Å². The van der Waals surface area contributed by atoms with Crippen LogP contribution in [0.3, 0.4) is 0 Å². The summed E-state index contributed by atoms with van der Waals surface area (Å²) in [6, 6.07) is 10.5. The van der Waals surface area contributed by atoms with Gasteiger partial charge in [-0.3, -0.25) is 0 Å². The maximum Gasteiger partial charge on any atom is 0.120 e. The summed E-state index contributed by atoms with van der Waals surface area (Å²) in [5.41, 5.74) is 2.43. The number of ether oxygens (including phenoxy) is 1. The molecule has 0 spiro atoms. The van der Waals surface area contributed by atoms with Crippen LogP contribution in [0.15, 0.2) is 41.0 Å². The number of benzene rings is 1. The molecule has 1 aromatic carbocycles. The van der Waals surface area contributed by atoms with Crippen molar-refractivity contribution < 1.29 is 9.15 Å². The lowest BCUT2D eigenvalue weighted by molar-refractivity contribution is 0.242. The van der Waals surface area contributed by atoms with Crippen LogP contribution in [0.25, 0.3) is 0 Å². The summed E-state index contributed by atoms with van der Waals surface area (Å²) in [5, 5.41) is 3.47. The number of aryl methyl sites for hydroxylation is 1. The lowest BCUT2D eigenvalue weighted by atomic mass is 10.1. The van der Waals surface area contributed by atoms with Crippen molar-refractivity contribution in [2.75, 3.05) is 0 Å². The van der Waals surface area contributed by atoms with Gasteiger partial charge in [0.1, 0.15) is 11.5 Å². The summed E-state index contributed by atoms with van der Waals surface area (Å²) in [6.07, 6.45) is 1.94. The Morgan fingerprint density at radius 2 is 1.80 bits per heavy atom. The minimum Gasteiger partial charge on any atom is -0.491 e. The maximum atomic E-state index is 5.65. The van der Waals surface area contributed by atoms with E-state index in [0.717, 1.165) is 18.1 Å². The number of furan rings is 1. The summed E-state index contributed by atoms with van der Waals surface area (Å²) in [4.78, 5) is 0. The first-order chi connectivity index (χ1) is 9.56. The molecule has 1 unspecified atom stereocenters. The van der Waals surface area contributed by atoms with Gasteiger partial charge < -0.3 is 14.5 Å². The molecule has 2 rings (SSSR count). The zero-order valence-corrected chi connectivity index (χ0v) is 12.6. The minimum absolute atomic E-state index is 0.207. The highest BCUT2D eigenvalue weighted by Crippen LogP contribution is 2.19. The van der Waals surface area contributed by atoms with Gasteiger partial charge in [0.15, 0.2) is 0 Å². The van der Waals surface area contributed by atoms with E-state index in [4.69, 9.17) is 9.15 Å². The highest BCUT2D eigenvalue weighted by atomic mass is 16.5. The molecule has 3 nitrogen and oxygen atoms in total. The largest absolute Gasteiger partial charge is 0.491 e. The van der Waals surface area contributed by atoms with E-state index in [1.54, 1.807) is 6.26 Å². The molecule has 1 heterocycles. The smallest absolute Gasteiger partial charge is 0.120 e. The van der Waals surface area contributed by atoms with Crippen LogP contribution in [0, 0.1) is 6.92 Å². The van der Waals surface area contributed by atoms with Gasteiger partial charge in [-0.1, -0.05) is 12.1 Å². The van der Waals surface area contributed by atoms with Crippen LogP contribution in [-0.4, -0.2) is 6.10 Å². The van der Waals surface area contributed by atoms with Gasteiger partial charge in [0.05, 0.1) is 18.9 Å². The summed E-state index contributed by atoms with van der Waals surface area (Å²) in [6.45, 7) is 9.01. The van der Waals surface area contributed by atoms with Crippen LogP contribution in [0.1, 0.15) is 43.7 Å². The molecule has 108 valence electrons. The predicted octanol–water partition coefficient (Wildman–Crippen LogP) is 4.23. The normalized spacial score (nSPS) is 12.7. The summed E-state index contributed by atoms with van der Waals surface area (Å²) < 4.78 is 11.1. The van der Waals surface area contributed by atoms with Crippen LogP contribution >= 0.6 is 0 Å². The summed E-state index contributed by atoms with van der Waals surface area (Å²) in [7, 11) is 0. The van der Waals surface area contributed by atoms with Crippen LogP contribution in [0.2, 0.25) is 0 Å². The third-order valence-corrected chi connectivity index (χ3v) is 3.29. The number of hydrogen-bond donors (Lipinski definition) is 1. The second-order valence-corrected chi connectivity index (χ2v) is 5.37. The van der Waals surface area contributed by atoms with Gasteiger partial charge in [-0.2, -0.15) is 0 Å². The Bertz CT molecular complexity index is 528. The standard InChI is InChI=1S/C17H23NO2/c1-12(2)20-16-7-5-15(6-8-16)14(4)18-11-17-13(3)9-10-19-17/h5-10,12,14,18H,11H2,1-4H3. The van der Waals surface area contributed by atoms with Crippen molar-refractivity contribution in [3.05, 3.63) is 53.5 Å². The van der Waals surface area contributed by atoms with Crippen molar-refractivity contribution in [1.82, 2.24) is 5.32 Å². The molecule has 0 aliphatic rings. The third-order valence-electron chi connectivity index (χ3n) is 3.29. The average Bonchev–Trinajstić information content (AvgIpc) is 2.82. The Morgan fingerprint density at radius 3 is 2.35 bits per heavy atom. The van der Waals surface area contributed by atoms with Crippen molar-refractivity contribution in [1.29, 1.82) is 0 Å². The Kier molecular flexibility index (Phi) is 4.85. The van der Waals surface area contributed by atoms with Crippen LogP contribution in [-0.2, 0) is 6.54 Å². The summed E-state index contributed by atoms with van der Waals surface area (Å²) in [5.74, 6) is 1.91. The highest BCUT2D eigenvalue weighted by molar-refractivity contribution is 5.29. The number of nitrogens with one attached hydrogen (secondary N) is 1. The predicted molar refractivity (Wildman–Crippen MR) is 80.9 cm³/mol. The maximum absolute atomic E-state index is 5.65. The second kappa shape index (κ2) is 6.62. The van der Waals surface area contributed by atoms with E-state index >= 15 is 0 Å². The van der Waals surface area contributed by atoms with Gasteiger partial charge in [0.2, 0.25) is 0 Å².